The van der Waals surface area contributed by atoms with Crippen LogP contribution in [0.1, 0.15) is 5.01 Å². The molecule has 100 valence electrons. The van der Waals surface area contributed by atoms with Gasteiger partial charge in [0, 0.05) is 37.6 Å². The molecule has 6 heteroatoms. The minimum absolute atomic E-state index is 0.812. The van der Waals surface area contributed by atoms with Gasteiger partial charge in [0.15, 0.2) is 0 Å². The first-order valence-corrected chi connectivity index (χ1v) is 7.19. The molecule has 2 heterocycles. The van der Waals surface area contributed by atoms with E-state index in [0.29, 0.717) is 0 Å². The summed E-state index contributed by atoms with van der Waals surface area (Å²) in [4.78, 5) is 4.68. The Morgan fingerprint density at radius 2 is 1.63 bits per heavy atom. The normalized spacial score (nSPS) is 15.8. The van der Waals surface area contributed by atoms with Crippen molar-refractivity contribution in [1.29, 1.82) is 0 Å². The molecule has 0 spiro atoms. The Labute approximate surface area is 116 Å². The maximum atomic E-state index is 5.72. The van der Waals surface area contributed by atoms with E-state index in [0.717, 1.165) is 42.0 Å². The van der Waals surface area contributed by atoms with Gasteiger partial charge in [0.05, 0.1) is 0 Å². The van der Waals surface area contributed by atoms with Crippen LogP contribution in [0.2, 0.25) is 0 Å². The van der Waals surface area contributed by atoms with Crippen LogP contribution in [-0.4, -0.2) is 36.4 Å². The second-order valence-corrected chi connectivity index (χ2v) is 5.83. The van der Waals surface area contributed by atoms with Crippen LogP contribution >= 0.6 is 11.3 Å². The summed E-state index contributed by atoms with van der Waals surface area (Å²) in [6.07, 6.45) is 0. The third-order valence-electron chi connectivity index (χ3n) is 3.32. The lowest BCUT2D eigenvalue weighted by Crippen LogP contribution is -2.46. The molecule has 2 N–H and O–H groups in total. The Hall–Kier alpha value is -1.82. The van der Waals surface area contributed by atoms with Crippen molar-refractivity contribution in [1.82, 2.24) is 10.2 Å². The van der Waals surface area contributed by atoms with Gasteiger partial charge in [-0.25, -0.2) is 0 Å². The van der Waals surface area contributed by atoms with Crippen molar-refractivity contribution in [2.75, 3.05) is 41.7 Å². The molecule has 0 amide bonds. The van der Waals surface area contributed by atoms with Crippen LogP contribution in [0, 0.1) is 6.92 Å². The van der Waals surface area contributed by atoms with E-state index in [1.165, 1.54) is 5.69 Å². The lowest BCUT2D eigenvalue weighted by molar-refractivity contribution is 0.649. The van der Waals surface area contributed by atoms with E-state index >= 15 is 0 Å². The fraction of sp³-hybridized carbons (Fsp3) is 0.385. The number of benzene rings is 1. The molecule has 1 saturated heterocycles. The highest BCUT2D eigenvalue weighted by Gasteiger charge is 2.19. The van der Waals surface area contributed by atoms with Gasteiger partial charge in [-0.3, -0.25) is 0 Å². The van der Waals surface area contributed by atoms with E-state index in [2.05, 4.69) is 32.1 Å². The monoisotopic (exact) mass is 275 g/mol. The van der Waals surface area contributed by atoms with E-state index < -0.39 is 0 Å². The van der Waals surface area contributed by atoms with Crippen LogP contribution in [0.25, 0.3) is 0 Å². The summed E-state index contributed by atoms with van der Waals surface area (Å²) in [5, 5.41) is 10.3. The largest absolute Gasteiger partial charge is 0.399 e. The lowest BCUT2D eigenvalue weighted by Gasteiger charge is -2.35. The van der Waals surface area contributed by atoms with Gasteiger partial charge in [-0.05, 0) is 31.2 Å². The molecule has 2 aromatic rings. The molecule has 3 rings (SSSR count). The van der Waals surface area contributed by atoms with Crippen molar-refractivity contribution < 1.29 is 0 Å². The van der Waals surface area contributed by atoms with Crippen molar-refractivity contribution in [2.24, 2.45) is 0 Å². The molecule has 1 fully saturated rings. The molecule has 0 radical (unpaired) electrons. The van der Waals surface area contributed by atoms with Gasteiger partial charge in [0.2, 0.25) is 5.13 Å². The molecular weight excluding hydrogens is 258 g/mol. The quantitative estimate of drug-likeness (QED) is 0.846. The molecule has 1 aromatic carbocycles. The fourth-order valence-corrected chi connectivity index (χ4v) is 2.99. The molecule has 0 bridgehead atoms. The highest BCUT2D eigenvalue weighted by atomic mass is 32.1. The molecule has 0 atom stereocenters. The van der Waals surface area contributed by atoms with Gasteiger partial charge in [-0.2, -0.15) is 0 Å². The topological polar surface area (TPSA) is 58.3 Å². The molecule has 19 heavy (non-hydrogen) atoms. The minimum Gasteiger partial charge on any atom is -0.399 e. The van der Waals surface area contributed by atoms with Gasteiger partial charge in [0.1, 0.15) is 5.01 Å². The first-order chi connectivity index (χ1) is 9.22. The summed E-state index contributed by atoms with van der Waals surface area (Å²) in [5.41, 5.74) is 7.77. The number of rotatable bonds is 2. The fourth-order valence-electron chi connectivity index (χ4n) is 2.25. The van der Waals surface area contributed by atoms with E-state index in [1.54, 1.807) is 11.3 Å². The van der Waals surface area contributed by atoms with Crippen molar-refractivity contribution in [2.45, 2.75) is 6.92 Å². The first-order valence-electron chi connectivity index (χ1n) is 6.38. The van der Waals surface area contributed by atoms with Gasteiger partial charge in [0.25, 0.3) is 0 Å². The zero-order valence-corrected chi connectivity index (χ0v) is 11.7. The smallest absolute Gasteiger partial charge is 0.208 e. The van der Waals surface area contributed by atoms with Crippen LogP contribution < -0.4 is 15.5 Å². The molecule has 1 aliphatic heterocycles. The number of aromatic nitrogens is 2. The number of piperazine rings is 1. The SMILES string of the molecule is Cc1nnc(N2CCN(c3ccc(N)cc3)CC2)s1. The third kappa shape index (κ3) is 2.63. The van der Waals surface area contributed by atoms with Crippen LogP contribution in [0.5, 0.6) is 0 Å². The standard InChI is InChI=1S/C13H17N5S/c1-10-15-16-13(19-10)18-8-6-17(7-9-18)12-4-2-11(14)3-5-12/h2-5H,6-9,14H2,1H3. The highest BCUT2D eigenvalue weighted by molar-refractivity contribution is 7.15. The third-order valence-corrected chi connectivity index (χ3v) is 4.22. The summed E-state index contributed by atoms with van der Waals surface area (Å²) >= 11 is 1.66. The van der Waals surface area contributed by atoms with Crippen molar-refractivity contribution in [3.8, 4) is 0 Å². The Morgan fingerprint density at radius 1 is 1.00 bits per heavy atom. The summed E-state index contributed by atoms with van der Waals surface area (Å²) in [6, 6.07) is 8.08. The molecule has 0 unspecified atom stereocenters. The van der Waals surface area contributed by atoms with Crippen molar-refractivity contribution in [3.05, 3.63) is 29.3 Å². The van der Waals surface area contributed by atoms with E-state index in [-0.39, 0.29) is 0 Å². The molecule has 1 aromatic heterocycles. The van der Waals surface area contributed by atoms with Crippen LogP contribution in [-0.2, 0) is 0 Å². The predicted octanol–water partition coefficient (Wildman–Crippen LogP) is 1.76. The van der Waals surface area contributed by atoms with E-state index in [9.17, 15) is 0 Å². The molecule has 0 saturated carbocycles. The number of hydrogen-bond acceptors (Lipinski definition) is 6. The summed E-state index contributed by atoms with van der Waals surface area (Å²) < 4.78 is 0. The maximum absolute atomic E-state index is 5.72. The number of anilines is 3. The second-order valence-electron chi connectivity index (χ2n) is 4.67. The van der Waals surface area contributed by atoms with Gasteiger partial charge >= 0.3 is 0 Å². The summed E-state index contributed by atoms with van der Waals surface area (Å²) in [6.45, 7) is 5.97. The Balaban J connectivity index is 1.64. The number of nitrogens with zero attached hydrogens (tertiary/aromatic N) is 4. The molecule has 0 aliphatic carbocycles. The maximum Gasteiger partial charge on any atom is 0.208 e. The van der Waals surface area contributed by atoms with E-state index in [1.807, 2.05) is 19.1 Å². The van der Waals surface area contributed by atoms with Gasteiger partial charge < -0.3 is 15.5 Å². The van der Waals surface area contributed by atoms with Crippen molar-refractivity contribution in [3.63, 3.8) is 0 Å². The zero-order valence-electron chi connectivity index (χ0n) is 10.9. The Bertz CT molecular complexity index is 542. The number of nitrogen functional groups attached to an aromatic ring is 1. The van der Waals surface area contributed by atoms with Crippen LogP contribution in [0.4, 0.5) is 16.5 Å². The average molecular weight is 275 g/mol. The van der Waals surface area contributed by atoms with Gasteiger partial charge in [-0.1, -0.05) is 11.3 Å². The summed E-state index contributed by atoms with van der Waals surface area (Å²) in [7, 11) is 0. The predicted molar refractivity (Wildman–Crippen MR) is 79.9 cm³/mol. The number of nitrogens with two attached hydrogens (primary N) is 1. The number of hydrogen-bond donors (Lipinski definition) is 1. The second kappa shape index (κ2) is 5.05. The minimum atomic E-state index is 0.812. The van der Waals surface area contributed by atoms with Gasteiger partial charge in [-0.15, -0.1) is 10.2 Å². The molecule has 5 nitrogen and oxygen atoms in total. The highest BCUT2D eigenvalue weighted by Crippen LogP contribution is 2.23. The number of aryl methyl sites for hydroxylation is 1. The first kappa shape index (κ1) is 12.2. The van der Waals surface area contributed by atoms with Crippen LogP contribution in [0.3, 0.4) is 0 Å². The van der Waals surface area contributed by atoms with Crippen molar-refractivity contribution >= 4 is 27.8 Å². The zero-order chi connectivity index (χ0) is 13.2. The molecule has 1 aliphatic rings. The summed E-state index contributed by atoms with van der Waals surface area (Å²) in [5.74, 6) is 0. The van der Waals surface area contributed by atoms with E-state index in [4.69, 9.17) is 5.73 Å². The average Bonchev–Trinajstić information content (AvgIpc) is 2.87. The lowest BCUT2D eigenvalue weighted by atomic mass is 10.2. The Kier molecular flexibility index (Phi) is 3.25. The molecular formula is C13H17N5S. The Morgan fingerprint density at radius 3 is 2.21 bits per heavy atom. The van der Waals surface area contributed by atoms with Crippen LogP contribution in [0.15, 0.2) is 24.3 Å².